The zero-order valence-corrected chi connectivity index (χ0v) is 12.6. The molecule has 22 heavy (non-hydrogen) atoms. The largest absolute Gasteiger partial charge is 0.287 e. The smallest absolute Gasteiger partial charge is 0.209 e. The van der Waals surface area contributed by atoms with Crippen LogP contribution in [0.5, 0.6) is 0 Å². The second-order valence-electron chi connectivity index (χ2n) is 5.63. The Kier molecular flexibility index (Phi) is 3.63. The molecule has 1 aliphatic heterocycles. The van der Waals surface area contributed by atoms with Crippen LogP contribution >= 0.6 is 0 Å². The van der Waals surface area contributed by atoms with Gasteiger partial charge >= 0.3 is 0 Å². The number of nitrogens with zero attached hydrogens (tertiary/aromatic N) is 2. The van der Waals surface area contributed by atoms with Crippen LogP contribution in [0.3, 0.4) is 0 Å². The summed E-state index contributed by atoms with van der Waals surface area (Å²) in [6.45, 7) is 5.97. The average Bonchev–Trinajstić information content (AvgIpc) is 2.94. The van der Waals surface area contributed by atoms with Crippen LogP contribution in [0, 0.1) is 0 Å². The molecule has 0 amide bonds. The van der Waals surface area contributed by atoms with E-state index in [1.165, 1.54) is 0 Å². The molecular formula is C19H18N2O. The summed E-state index contributed by atoms with van der Waals surface area (Å²) >= 11 is 0. The van der Waals surface area contributed by atoms with Crippen molar-refractivity contribution in [3.63, 3.8) is 0 Å². The summed E-state index contributed by atoms with van der Waals surface area (Å²) in [6, 6.07) is 19.1. The Morgan fingerprint density at radius 3 is 2.32 bits per heavy atom. The first kappa shape index (κ1) is 14.3. The minimum Gasteiger partial charge on any atom is -0.287 e. The molecule has 0 saturated carbocycles. The van der Waals surface area contributed by atoms with E-state index in [4.69, 9.17) is 0 Å². The van der Waals surface area contributed by atoms with Crippen LogP contribution in [0.2, 0.25) is 0 Å². The van der Waals surface area contributed by atoms with Crippen LogP contribution in [0.4, 0.5) is 5.69 Å². The number of rotatable bonds is 4. The van der Waals surface area contributed by atoms with Crippen LogP contribution in [-0.2, 0) is 0 Å². The molecule has 3 heteroatoms. The van der Waals surface area contributed by atoms with E-state index in [2.05, 4.69) is 11.7 Å². The number of carbonyl (C=O) groups excluding carboxylic acids is 1. The third kappa shape index (κ3) is 2.46. The summed E-state index contributed by atoms with van der Waals surface area (Å²) in [6.07, 6.45) is 2.41. The molecule has 0 N–H and O–H groups in total. The van der Waals surface area contributed by atoms with Crippen LogP contribution in [0.15, 0.2) is 78.4 Å². The minimum atomic E-state index is -0.388. The molecule has 1 aliphatic rings. The van der Waals surface area contributed by atoms with E-state index >= 15 is 0 Å². The van der Waals surface area contributed by atoms with E-state index < -0.39 is 0 Å². The third-order valence-electron chi connectivity index (χ3n) is 3.97. The van der Waals surface area contributed by atoms with Crippen molar-refractivity contribution >= 4 is 17.2 Å². The topological polar surface area (TPSA) is 32.7 Å². The number of hydrogen-bond acceptors (Lipinski definition) is 3. The van der Waals surface area contributed by atoms with Crippen LogP contribution in [0.25, 0.3) is 0 Å². The first-order valence-electron chi connectivity index (χ1n) is 7.30. The Labute approximate surface area is 130 Å². The molecule has 0 spiro atoms. The molecule has 0 fully saturated rings. The van der Waals surface area contributed by atoms with Gasteiger partial charge in [-0.2, -0.15) is 5.10 Å². The molecule has 0 bridgehead atoms. The van der Waals surface area contributed by atoms with Crippen molar-refractivity contribution in [3.05, 3.63) is 78.9 Å². The summed E-state index contributed by atoms with van der Waals surface area (Å²) in [5, 5.41) is 6.47. The molecule has 0 radical (unpaired) electrons. The lowest BCUT2D eigenvalue weighted by Crippen LogP contribution is -2.37. The lowest BCUT2D eigenvalue weighted by molar-refractivity contribution is 0.106. The lowest BCUT2D eigenvalue weighted by atomic mass is 9.92. The highest BCUT2D eigenvalue weighted by atomic mass is 16.1. The molecule has 1 unspecified atom stereocenters. The monoisotopic (exact) mass is 290 g/mol. The van der Waals surface area contributed by atoms with Gasteiger partial charge in [-0.05, 0) is 19.1 Å². The molecule has 3 rings (SSSR count). The predicted octanol–water partition coefficient (Wildman–Crippen LogP) is 4.08. The average molecular weight is 290 g/mol. The van der Waals surface area contributed by atoms with Crippen molar-refractivity contribution in [1.29, 1.82) is 0 Å². The summed E-state index contributed by atoms with van der Waals surface area (Å²) < 4.78 is 0. The Morgan fingerprint density at radius 1 is 1.14 bits per heavy atom. The highest BCUT2D eigenvalue weighted by molar-refractivity contribution is 6.46. The van der Waals surface area contributed by atoms with Crippen molar-refractivity contribution in [2.75, 3.05) is 5.01 Å². The van der Waals surface area contributed by atoms with E-state index in [1.807, 2.05) is 78.7 Å². The number of carbonyl (C=O) groups is 1. The standard InChI is InChI=1S/C19H18N2O/c1-3-19(2)14-17(18(22)15-10-6-4-7-11-15)20-21(19)16-12-8-5-9-13-16/h3-13H,1,14H2,2H3. The van der Waals surface area contributed by atoms with Gasteiger partial charge in [-0.3, -0.25) is 9.80 Å². The van der Waals surface area contributed by atoms with Gasteiger partial charge in [-0.1, -0.05) is 54.6 Å². The molecule has 0 aromatic heterocycles. The van der Waals surface area contributed by atoms with Gasteiger partial charge in [0, 0.05) is 12.0 Å². The van der Waals surface area contributed by atoms with Gasteiger partial charge in [0.1, 0.15) is 5.71 Å². The van der Waals surface area contributed by atoms with Gasteiger partial charge in [-0.25, -0.2) is 0 Å². The second kappa shape index (κ2) is 5.60. The predicted molar refractivity (Wildman–Crippen MR) is 90.3 cm³/mol. The van der Waals surface area contributed by atoms with E-state index in [9.17, 15) is 4.79 Å². The quantitative estimate of drug-likeness (QED) is 0.628. The summed E-state index contributed by atoms with van der Waals surface area (Å²) in [5.74, 6) is -0.0212. The normalized spacial score (nSPS) is 20.6. The molecule has 1 atom stereocenters. The maximum atomic E-state index is 12.6. The Hall–Kier alpha value is -2.68. The molecular weight excluding hydrogens is 272 g/mol. The van der Waals surface area contributed by atoms with Crippen molar-refractivity contribution in [1.82, 2.24) is 0 Å². The first-order valence-corrected chi connectivity index (χ1v) is 7.30. The summed E-state index contributed by atoms with van der Waals surface area (Å²) in [4.78, 5) is 12.6. The molecule has 2 aromatic carbocycles. The van der Waals surface area contributed by atoms with Gasteiger partial charge in [-0.15, -0.1) is 6.58 Å². The van der Waals surface area contributed by atoms with Gasteiger partial charge in [0.05, 0.1) is 11.2 Å². The highest BCUT2D eigenvalue weighted by Crippen LogP contribution is 2.34. The second-order valence-corrected chi connectivity index (χ2v) is 5.63. The summed E-state index contributed by atoms with van der Waals surface area (Å²) in [7, 11) is 0. The number of benzene rings is 2. The fourth-order valence-corrected chi connectivity index (χ4v) is 2.65. The minimum absolute atomic E-state index is 0.0212. The van der Waals surface area contributed by atoms with Crippen molar-refractivity contribution in [2.45, 2.75) is 18.9 Å². The number of para-hydroxylation sites is 1. The molecule has 1 heterocycles. The lowest BCUT2D eigenvalue weighted by Gasteiger charge is -2.31. The van der Waals surface area contributed by atoms with Gasteiger partial charge in [0.25, 0.3) is 0 Å². The maximum Gasteiger partial charge on any atom is 0.209 e. The Balaban J connectivity index is 1.97. The number of hydrazone groups is 1. The van der Waals surface area contributed by atoms with E-state index in [-0.39, 0.29) is 11.3 Å². The molecule has 0 aliphatic carbocycles. The van der Waals surface area contributed by atoms with E-state index in [0.717, 1.165) is 5.69 Å². The molecule has 110 valence electrons. The molecule has 3 nitrogen and oxygen atoms in total. The van der Waals surface area contributed by atoms with Crippen molar-refractivity contribution in [3.8, 4) is 0 Å². The number of hydrogen-bond donors (Lipinski definition) is 0. The van der Waals surface area contributed by atoms with Crippen LogP contribution in [0.1, 0.15) is 23.7 Å². The van der Waals surface area contributed by atoms with Crippen LogP contribution < -0.4 is 5.01 Å². The number of Topliss-reactive ketones (excluding diaryl/α,β-unsaturated/α-hetero) is 1. The fourth-order valence-electron chi connectivity index (χ4n) is 2.65. The Bertz CT molecular complexity index is 722. The SMILES string of the molecule is C=CC1(C)CC(C(=O)c2ccccc2)=NN1c1ccccc1. The highest BCUT2D eigenvalue weighted by Gasteiger charge is 2.39. The number of anilines is 1. The van der Waals surface area contributed by atoms with Gasteiger partial charge in [0.15, 0.2) is 0 Å². The van der Waals surface area contributed by atoms with Crippen molar-refractivity contribution in [2.24, 2.45) is 5.10 Å². The van der Waals surface area contributed by atoms with Crippen LogP contribution in [-0.4, -0.2) is 17.0 Å². The molecule has 2 aromatic rings. The fraction of sp³-hybridized carbons (Fsp3) is 0.158. The Morgan fingerprint density at radius 2 is 1.73 bits per heavy atom. The first-order chi connectivity index (χ1) is 10.6. The van der Waals surface area contributed by atoms with Gasteiger partial charge in [0.2, 0.25) is 5.78 Å². The maximum absolute atomic E-state index is 12.6. The van der Waals surface area contributed by atoms with E-state index in [1.54, 1.807) is 0 Å². The molecule has 0 saturated heterocycles. The number of ketones is 1. The van der Waals surface area contributed by atoms with E-state index in [0.29, 0.717) is 17.7 Å². The third-order valence-corrected chi connectivity index (χ3v) is 3.97. The van der Waals surface area contributed by atoms with Gasteiger partial charge < -0.3 is 0 Å². The summed E-state index contributed by atoms with van der Waals surface area (Å²) in [5.41, 5.74) is 1.81. The zero-order chi connectivity index (χ0) is 15.6. The zero-order valence-electron chi connectivity index (χ0n) is 12.6. The van der Waals surface area contributed by atoms with Crippen molar-refractivity contribution < 1.29 is 4.79 Å².